The summed E-state index contributed by atoms with van der Waals surface area (Å²) in [5, 5.41) is 9.22. The number of carbonyl (C=O) groups is 1. The average molecular weight is 268 g/mol. The normalized spacial score (nSPS) is 10.7. The highest BCUT2D eigenvalue weighted by molar-refractivity contribution is 5.89. The molecular weight excluding hydrogens is 256 g/mol. The van der Waals surface area contributed by atoms with Crippen LogP contribution in [0.15, 0.2) is 48.7 Å². The molecule has 0 saturated heterocycles. The van der Waals surface area contributed by atoms with Crippen molar-refractivity contribution in [3.8, 4) is 17.0 Å². The molecule has 0 amide bonds. The van der Waals surface area contributed by atoms with Crippen molar-refractivity contribution >= 4 is 11.5 Å². The molecule has 0 atom stereocenters. The molecule has 0 aliphatic heterocycles. The van der Waals surface area contributed by atoms with Gasteiger partial charge in [0.2, 0.25) is 5.82 Å². The van der Waals surface area contributed by atoms with Crippen LogP contribution < -0.4 is 4.74 Å². The Morgan fingerprint density at radius 3 is 2.60 bits per heavy atom. The first-order valence-corrected chi connectivity index (χ1v) is 6.05. The molecule has 0 bridgehead atoms. The standard InChI is InChI=1S/C15H12N2O3/c1-20-11-7-5-10(6-8-11)13-12-4-2-3-9-17(12)14(16-13)15(18)19/h2-9H,1H3,(H,18,19). The fourth-order valence-electron chi connectivity index (χ4n) is 2.15. The number of aromatic nitrogens is 2. The van der Waals surface area contributed by atoms with Crippen LogP contribution in [-0.4, -0.2) is 27.6 Å². The molecule has 1 N–H and O–H groups in total. The Labute approximate surface area is 115 Å². The first-order valence-electron chi connectivity index (χ1n) is 6.05. The van der Waals surface area contributed by atoms with E-state index in [-0.39, 0.29) is 5.82 Å². The fraction of sp³-hybridized carbons (Fsp3) is 0.0667. The molecule has 0 aliphatic rings. The lowest BCUT2D eigenvalue weighted by molar-refractivity contribution is 0.0683. The van der Waals surface area contributed by atoms with Gasteiger partial charge in [-0.05, 0) is 36.4 Å². The van der Waals surface area contributed by atoms with E-state index in [9.17, 15) is 9.90 Å². The lowest BCUT2D eigenvalue weighted by Crippen LogP contribution is -2.02. The van der Waals surface area contributed by atoms with E-state index in [4.69, 9.17) is 4.74 Å². The maximum atomic E-state index is 11.3. The number of carboxylic acid groups (broad SMARTS) is 1. The highest BCUT2D eigenvalue weighted by Crippen LogP contribution is 2.26. The van der Waals surface area contributed by atoms with E-state index in [0.29, 0.717) is 5.69 Å². The van der Waals surface area contributed by atoms with Crippen molar-refractivity contribution in [3.63, 3.8) is 0 Å². The number of rotatable bonds is 3. The summed E-state index contributed by atoms with van der Waals surface area (Å²) < 4.78 is 6.69. The number of carboxylic acids is 1. The molecular formula is C15H12N2O3. The predicted molar refractivity (Wildman–Crippen MR) is 74.1 cm³/mol. The highest BCUT2D eigenvalue weighted by atomic mass is 16.5. The number of nitrogens with zero attached hydrogens (tertiary/aromatic N) is 2. The number of imidazole rings is 1. The second-order valence-electron chi connectivity index (χ2n) is 4.27. The quantitative estimate of drug-likeness (QED) is 0.793. The minimum Gasteiger partial charge on any atom is -0.497 e. The van der Waals surface area contributed by atoms with Crippen LogP contribution in [0.25, 0.3) is 16.8 Å². The van der Waals surface area contributed by atoms with Gasteiger partial charge in [-0.25, -0.2) is 9.78 Å². The van der Waals surface area contributed by atoms with Gasteiger partial charge in [0.15, 0.2) is 0 Å². The maximum Gasteiger partial charge on any atom is 0.372 e. The molecule has 0 unspecified atom stereocenters. The molecule has 100 valence electrons. The Morgan fingerprint density at radius 1 is 1.20 bits per heavy atom. The number of methoxy groups -OCH3 is 1. The van der Waals surface area contributed by atoms with Crippen LogP contribution in [0.3, 0.4) is 0 Å². The van der Waals surface area contributed by atoms with Gasteiger partial charge in [-0.15, -0.1) is 0 Å². The first kappa shape index (κ1) is 12.2. The monoisotopic (exact) mass is 268 g/mol. The molecule has 3 rings (SSSR count). The van der Waals surface area contributed by atoms with E-state index in [1.807, 2.05) is 36.4 Å². The molecule has 20 heavy (non-hydrogen) atoms. The zero-order valence-corrected chi connectivity index (χ0v) is 10.8. The molecule has 3 aromatic rings. The van der Waals surface area contributed by atoms with Crippen molar-refractivity contribution in [1.82, 2.24) is 9.38 Å². The number of ether oxygens (including phenoxy) is 1. The average Bonchev–Trinajstić information content (AvgIpc) is 2.87. The van der Waals surface area contributed by atoms with Gasteiger partial charge in [0.1, 0.15) is 5.75 Å². The van der Waals surface area contributed by atoms with Crippen molar-refractivity contribution in [3.05, 3.63) is 54.5 Å². The Morgan fingerprint density at radius 2 is 1.95 bits per heavy atom. The van der Waals surface area contributed by atoms with Crippen molar-refractivity contribution in [2.75, 3.05) is 7.11 Å². The molecule has 0 radical (unpaired) electrons. The third kappa shape index (κ3) is 1.89. The Bertz CT molecular complexity index is 775. The summed E-state index contributed by atoms with van der Waals surface area (Å²) in [5.74, 6) is -0.298. The molecule has 0 spiro atoms. The fourth-order valence-corrected chi connectivity index (χ4v) is 2.15. The van der Waals surface area contributed by atoms with E-state index in [1.165, 1.54) is 0 Å². The zero-order valence-electron chi connectivity index (χ0n) is 10.8. The van der Waals surface area contributed by atoms with Crippen LogP contribution in [0, 0.1) is 0 Å². The second-order valence-corrected chi connectivity index (χ2v) is 4.27. The van der Waals surface area contributed by atoms with Crippen molar-refractivity contribution in [1.29, 1.82) is 0 Å². The molecule has 5 heteroatoms. The van der Waals surface area contributed by atoms with Crippen LogP contribution in [0.5, 0.6) is 5.75 Å². The number of aromatic carboxylic acids is 1. The van der Waals surface area contributed by atoms with Crippen LogP contribution in [-0.2, 0) is 0 Å². The third-order valence-corrected chi connectivity index (χ3v) is 3.10. The lowest BCUT2D eigenvalue weighted by Gasteiger charge is -2.01. The number of hydrogen-bond donors (Lipinski definition) is 1. The number of benzene rings is 1. The summed E-state index contributed by atoms with van der Waals surface area (Å²) in [6.07, 6.45) is 1.69. The van der Waals surface area contributed by atoms with Crippen LogP contribution in [0.2, 0.25) is 0 Å². The third-order valence-electron chi connectivity index (χ3n) is 3.10. The van der Waals surface area contributed by atoms with E-state index >= 15 is 0 Å². The van der Waals surface area contributed by atoms with Crippen LogP contribution in [0.1, 0.15) is 10.6 Å². The van der Waals surface area contributed by atoms with Gasteiger partial charge in [0, 0.05) is 11.8 Å². The zero-order chi connectivity index (χ0) is 14.1. The van der Waals surface area contributed by atoms with E-state index in [2.05, 4.69) is 4.98 Å². The molecule has 2 heterocycles. The highest BCUT2D eigenvalue weighted by Gasteiger charge is 2.16. The number of fused-ring (bicyclic) bond motifs is 1. The van der Waals surface area contributed by atoms with Gasteiger partial charge in [-0.1, -0.05) is 6.07 Å². The van der Waals surface area contributed by atoms with Gasteiger partial charge in [-0.3, -0.25) is 4.40 Å². The van der Waals surface area contributed by atoms with Gasteiger partial charge >= 0.3 is 5.97 Å². The number of pyridine rings is 1. The molecule has 0 saturated carbocycles. The predicted octanol–water partition coefficient (Wildman–Crippen LogP) is 2.71. The number of hydrogen-bond acceptors (Lipinski definition) is 3. The Balaban J connectivity index is 2.22. The minimum absolute atomic E-state index is 0.00594. The van der Waals surface area contributed by atoms with Crippen molar-refractivity contribution in [2.24, 2.45) is 0 Å². The van der Waals surface area contributed by atoms with E-state index in [1.54, 1.807) is 23.8 Å². The first-order chi connectivity index (χ1) is 9.70. The van der Waals surface area contributed by atoms with Crippen LogP contribution in [0.4, 0.5) is 0 Å². The van der Waals surface area contributed by atoms with Crippen molar-refractivity contribution in [2.45, 2.75) is 0 Å². The lowest BCUT2D eigenvalue weighted by atomic mass is 10.1. The van der Waals surface area contributed by atoms with Gasteiger partial charge in [0.25, 0.3) is 0 Å². The van der Waals surface area contributed by atoms with Gasteiger partial charge in [0.05, 0.1) is 18.3 Å². The summed E-state index contributed by atoms with van der Waals surface area (Å²) in [6, 6.07) is 12.8. The van der Waals surface area contributed by atoms with Crippen LogP contribution >= 0.6 is 0 Å². The van der Waals surface area contributed by atoms with E-state index in [0.717, 1.165) is 16.8 Å². The SMILES string of the molecule is COc1ccc(-c2nc(C(=O)O)n3ccccc23)cc1. The Kier molecular flexibility index (Phi) is 2.87. The minimum atomic E-state index is -1.05. The van der Waals surface area contributed by atoms with Gasteiger partial charge < -0.3 is 9.84 Å². The Hall–Kier alpha value is -2.82. The second kappa shape index (κ2) is 4.70. The summed E-state index contributed by atoms with van der Waals surface area (Å²) in [7, 11) is 1.60. The topological polar surface area (TPSA) is 63.8 Å². The van der Waals surface area contributed by atoms with E-state index < -0.39 is 5.97 Å². The van der Waals surface area contributed by atoms with Gasteiger partial charge in [-0.2, -0.15) is 0 Å². The summed E-state index contributed by atoms with van der Waals surface area (Å²) in [6.45, 7) is 0. The molecule has 0 fully saturated rings. The maximum absolute atomic E-state index is 11.3. The summed E-state index contributed by atoms with van der Waals surface area (Å²) in [4.78, 5) is 15.5. The molecule has 1 aromatic carbocycles. The molecule has 5 nitrogen and oxygen atoms in total. The smallest absolute Gasteiger partial charge is 0.372 e. The van der Waals surface area contributed by atoms with Crippen molar-refractivity contribution < 1.29 is 14.6 Å². The molecule has 0 aliphatic carbocycles. The summed E-state index contributed by atoms with van der Waals surface area (Å²) >= 11 is 0. The summed E-state index contributed by atoms with van der Waals surface area (Å²) in [5.41, 5.74) is 2.25. The molecule has 2 aromatic heterocycles. The largest absolute Gasteiger partial charge is 0.497 e.